The number of amides is 2. The zero-order valence-corrected chi connectivity index (χ0v) is 14.7. The van der Waals surface area contributed by atoms with Crippen LogP contribution in [0.1, 0.15) is 12.1 Å². The number of halogens is 2. The molecule has 0 radical (unpaired) electrons. The molecule has 0 aliphatic carbocycles. The largest absolute Gasteiger partial charge is 0.425 e. The molecule has 1 aromatic carbocycles. The number of thiazole rings is 1. The zero-order valence-electron chi connectivity index (χ0n) is 12.4. The maximum atomic E-state index is 12.0. The predicted molar refractivity (Wildman–Crippen MR) is 93.3 cm³/mol. The maximum Gasteiger partial charge on any atom is 0.323 e. The first kappa shape index (κ1) is 17.0. The molecule has 0 unspecified atom stereocenters. The van der Waals surface area contributed by atoms with Crippen LogP contribution in [0.3, 0.4) is 0 Å². The number of ether oxygens (including phenoxy) is 1. The Morgan fingerprint density at radius 3 is 3.00 bits per heavy atom. The molecule has 2 aromatic rings. The summed E-state index contributed by atoms with van der Waals surface area (Å²) in [6, 6.07) is 4.46. The average molecular weight is 386 g/mol. The van der Waals surface area contributed by atoms with E-state index in [2.05, 4.69) is 10.3 Å². The summed E-state index contributed by atoms with van der Waals surface area (Å²) >= 11 is 13.1. The van der Waals surface area contributed by atoms with Crippen LogP contribution in [0.15, 0.2) is 23.6 Å². The molecule has 1 aliphatic heterocycles. The van der Waals surface area contributed by atoms with Gasteiger partial charge in [0.15, 0.2) is 5.13 Å². The molecule has 1 fully saturated rings. The number of esters is 1. The van der Waals surface area contributed by atoms with E-state index in [-0.39, 0.29) is 23.2 Å². The quantitative estimate of drug-likeness (QED) is 0.645. The topological polar surface area (TPSA) is 71.5 Å². The van der Waals surface area contributed by atoms with E-state index in [0.717, 1.165) is 6.42 Å². The van der Waals surface area contributed by atoms with Crippen molar-refractivity contribution in [3.8, 4) is 5.75 Å². The molecule has 3 rings (SSSR count). The standard InChI is InChI=1S/C15H13Cl2N3O3S/c16-9-2-3-12(11(17)6-9)23-13(21)7-10-8-24-15(19-10)20-5-1-4-18-14(20)22/h2-3,6,8H,1,4-5,7H2,(H,18,22). The molecule has 1 N–H and O–H groups in total. The van der Waals surface area contributed by atoms with Crippen molar-refractivity contribution in [1.82, 2.24) is 10.3 Å². The monoisotopic (exact) mass is 385 g/mol. The number of nitrogens with one attached hydrogen (secondary N) is 1. The maximum absolute atomic E-state index is 12.0. The van der Waals surface area contributed by atoms with E-state index < -0.39 is 5.97 Å². The number of rotatable bonds is 4. The van der Waals surface area contributed by atoms with Crippen LogP contribution in [0.5, 0.6) is 5.75 Å². The van der Waals surface area contributed by atoms with Crippen molar-refractivity contribution in [1.29, 1.82) is 0 Å². The number of hydrogen-bond acceptors (Lipinski definition) is 5. The molecular weight excluding hydrogens is 373 g/mol. The highest BCUT2D eigenvalue weighted by Crippen LogP contribution is 2.28. The van der Waals surface area contributed by atoms with Crippen LogP contribution in [-0.2, 0) is 11.2 Å². The summed E-state index contributed by atoms with van der Waals surface area (Å²) in [7, 11) is 0. The lowest BCUT2D eigenvalue weighted by Gasteiger charge is -2.24. The van der Waals surface area contributed by atoms with Gasteiger partial charge in [-0.05, 0) is 24.6 Å². The summed E-state index contributed by atoms with van der Waals surface area (Å²) in [6.07, 6.45) is 0.850. The number of carbonyl (C=O) groups excluding carboxylic acids is 2. The van der Waals surface area contributed by atoms with Crippen molar-refractivity contribution in [3.63, 3.8) is 0 Å². The molecular formula is C15H13Cl2N3O3S. The van der Waals surface area contributed by atoms with Gasteiger partial charge in [-0.15, -0.1) is 11.3 Å². The summed E-state index contributed by atoms with van der Waals surface area (Å²) in [5, 5.41) is 5.79. The molecule has 1 aliphatic rings. The van der Waals surface area contributed by atoms with Crippen LogP contribution < -0.4 is 15.0 Å². The number of aromatic nitrogens is 1. The number of benzene rings is 1. The Bertz CT molecular complexity index is 781. The Hall–Kier alpha value is -1.83. The predicted octanol–water partition coefficient (Wildman–Crippen LogP) is 3.52. The highest BCUT2D eigenvalue weighted by atomic mass is 35.5. The molecule has 9 heteroatoms. The molecule has 2 heterocycles. The molecule has 1 saturated heterocycles. The number of hydrogen-bond donors (Lipinski definition) is 1. The SMILES string of the molecule is O=C(Cc1csc(N2CCCNC2=O)n1)Oc1ccc(Cl)cc1Cl. The lowest BCUT2D eigenvalue weighted by Crippen LogP contribution is -2.46. The minimum absolute atomic E-state index is 0.00901. The summed E-state index contributed by atoms with van der Waals surface area (Å²) in [5.74, 6) is -0.240. The Morgan fingerprint density at radius 1 is 1.42 bits per heavy atom. The second-order valence-electron chi connectivity index (χ2n) is 5.08. The third kappa shape index (κ3) is 3.98. The Morgan fingerprint density at radius 2 is 2.25 bits per heavy atom. The first-order chi connectivity index (χ1) is 11.5. The van der Waals surface area contributed by atoms with Gasteiger partial charge >= 0.3 is 12.0 Å². The normalized spacial score (nSPS) is 14.4. The first-order valence-electron chi connectivity index (χ1n) is 7.18. The van der Waals surface area contributed by atoms with Crippen LogP contribution in [0.4, 0.5) is 9.93 Å². The smallest absolute Gasteiger partial charge is 0.323 e. The summed E-state index contributed by atoms with van der Waals surface area (Å²) in [6.45, 7) is 1.28. The van der Waals surface area contributed by atoms with Crippen LogP contribution in [0, 0.1) is 0 Å². The first-order valence-corrected chi connectivity index (χ1v) is 8.82. The van der Waals surface area contributed by atoms with Crippen molar-refractivity contribution in [3.05, 3.63) is 39.3 Å². The highest BCUT2D eigenvalue weighted by Gasteiger charge is 2.22. The van der Waals surface area contributed by atoms with Gasteiger partial charge < -0.3 is 10.1 Å². The van der Waals surface area contributed by atoms with Crippen LogP contribution in [0.25, 0.3) is 0 Å². The van der Waals surface area contributed by atoms with Crippen molar-refractivity contribution < 1.29 is 14.3 Å². The summed E-state index contributed by atoms with van der Waals surface area (Å²) in [5.41, 5.74) is 0.545. The van der Waals surface area contributed by atoms with Gasteiger partial charge in [-0.1, -0.05) is 23.2 Å². The molecule has 2 amide bonds. The van der Waals surface area contributed by atoms with E-state index >= 15 is 0 Å². The van der Waals surface area contributed by atoms with E-state index in [1.165, 1.54) is 23.5 Å². The Balaban J connectivity index is 1.63. The highest BCUT2D eigenvalue weighted by molar-refractivity contribution is 7.14. The van der Waals surface area contributed by atoms with Gasteiger partial charge in [0.25, 0.3) is 0 Å². The molecule has 1 aromatic heterocycles. The minimum Gasteiger partial charge on any atom is -0.425 e. The lowest BCUT2D eigenvalue weighted by atomic mass is 10.3. The van der Waals surface area contributed by atoms with E-state index in [1.54, 1.807) is 16.3 Å². The molecule has 0 atom stereocenters. The molecule has 6 nitrogen and oxygen atoms in total. The summed E-state index contributed by atoms with van der Waals surface area (Å²) in [4.78, 5) is 29.7. The molecule has 0 saturated carbocycles. The number of anilines is 1. The van der Waals surface area contributed by atoms with Gasteiger partial charge in [0.2, 0.25) is 0 Å². The molecule has 0 bridgehead atoms. The van der Waals surface area contributed by atoms with Crippen molar-refractivity contribution in [2.24, 2.45) is 0 Å². The number of carbonyl (C=O) groups is 2. The fourth-order valence-corrected chi connectivity index (χ4v) is 3.47. The third-order valence-corrected chi connectivity index (χ3v) is 4.74. The average Bonchev–Trinajstić information content (AvgIpc) is 2.99. The van der Waals surface area contributed by atoms with Gasteiger partial charge in [0, 0.05) is 23.5 Å². The molecule has 0 spiro atoms. The second kappa shape index (κ2) is 7.38. The van der Waals surface area contributed by atoms with Gasteiger partial charge in [-0.25, -0.2) is 9.78 Å². The van der Waals surface area contributed by atoms with Gasteiger partial charge in [-0.2, -0.15) is 0 Å². The third-order valence-electron chi connectivity index (χ3n) is 3.29. The fourth-order valence-electron chi connectivity index (χ4n) is 2.18. The van der Waals surface area contributed by atoms with Gasteiger partial charge in [-0.3, -0.25) is 9.69 Å². The van der Waals surface area contributed by atoms with Crippen LogP contribution in [-0.4, -0.2) is 30.1 Å². The number of urea groups is 1. The zero-order chi connectivity index (χ0) is 17.1. The van der Waals surface area contributed by atoms with Crippen molar-refractivity contribution in [2.45, 2.75) is 12.8 Å². The lowest BCUT2D eigenvalue weighted by molar-refractivity contribution is -0.133. The van der Waals surface area contributed by atoms with E-state index in [0.29, 0.717) is 28.9 Å². The van der Waals surface area contributed by atoms with Crippen LogP contribution in [0.2, 0.25) is 10.0 Å². The van der Waals surface area contributed by atoms with Gasteiger partial charge in [0.1, 0.15) is 5.75 Å². The van der Waals surface area contributed by atoms with E-state index in [9.17, 15) is 9.59 Å². The van der Waals surface area contributed by atoms with E-state index in [4.69, 9.17) is 27.9 Å². The van der Waals surface area contributed by atoms with Crippen LogP contribution >= 0.6 is 34.5 Å². The number of nitrogens with zero attached hydrogens (tertiary/aromatic N) is 2. The Kier molecular flexibility index (Phi) is 5.23. The molecule has 126 valence electrons. The minimum atomic E-state index is -0.487. The summed E-state index contributed by atoms with van der Waals surface area (Å²) < 4.78 is 5.22. The fraction of sp³-hybridized carbons (Fsp3) is 0.267. The van der Waals surface area contributed by atoms with Crippen molar-refractivity contribution >= 4 is 51.7 Å². The second-order valence-corrected chi connectivity index (χ2v) is 6.76. The molecule has 24 heavy (non-hydrogen) atoms. The Labute approximate surface area is 152 Å². The van der Waals surface area contributed by atoms with E-state index in [1.807, 2.05) is 0 Å². The van der Waals surface area contributed by atoms with Crippen molar-refractivity contribution in [2.75, 3.05) is 18.0 Å². The van der Waals surface area contributed by atoms with Gasteiger partial charge in [0.05, 0.1) is 17.1 Å².